The first-order valence-electron chi connectivity index (χ1n) is 7.41. The van der Waals surface area contributed by atoms with Crippen molar-refractivity contribution in [2.75, 3.05) is 21.1 Å². The Morgan fingerprint density at radius 2 is 1.76 bits per heavy atom. The molecule has 2 nitrogen and oxygen atoms in total. The lowest BCUT2D eigenvalue weighted by atomic mass is 9.72. The van der Waals surface area contributed by atoms with Gasteiger partial charge in [-0.1, -0.05) is 39.5 Å². The SMILES string of the molecule is CCC(C)CC(NC)C1(N(C)C)CCCCC1. The summed E-state index contributed by atoms with van der Waals surface area (Å²) in [5.74, 6) is 0.825. The first-order chi connectivity index (χ1) is 8.06. The molecule has 1 saturated carbocycles. The molecule has 0 aliphatic heterocycles. The zero-order chi connectivity index (χ0) is 12.9. The molecule has 1 aliphatic rings. The predicted molar refractivity (Wildman–Crippen MR) is 76.4 cm³/mol. The molecule has 0 amide bonds. The number of nitrogens with one attached hydrogen (secondary N) is 1. The third kappa shape index (κ3) is 3.45. The van der Waals surface area contributed by atoms with Crippen LogP contribution in [0, 0.1) is 5.92 Å². The maximum atomic E-state index is 3.62. The molecule has 0 aromatic rings. The third-order valence-corrected chi connectivity index (χ3v) is 4.94. The minimum Gasteiger partial charge on any atom is -0.315 e. The second-order valence-electron chi connectivity index (χ2n) is 6.15. The Hall–Kier alpha value is -0.0800. The Morgan fingerprint density at radius 1 is 1.18 bits per heavy atom. The highest BCUT2D eigenvalue weighted by Crippen LogP contribution is 2.37. The molecule has 17 heavy (non-hydrogen) atoms. The van der Waals surface area contributed by atoms with E-state index >= 15 is 0 Å². The lowest BCUT2D eigenvalue weighted by molar-refractivity contribution is 0.0505. The Morgan fingerprint density at radius 3 is 2.18 bits per heavy atom. The van der Waals surface area contributed by atoms with Gasteiger partial charge in [0.15, 0.2) is 0 Å². The van der Waals surface area contributed by atoms with Gasteiger partial charge in [0.05, 0.1) is 0 Å². The molecule has 2 atom stereocenters. The lowest BCUT2D eigenvalue weighted by Gasteiger charge is -2.49. The molecular formula is C15H32N2. The molecule has 1 rings (SSSR count). The lowest BCUT2D eigenvalue weighted by Crippen LogP contribution is -2.59. The Labute approximate surface area is 108 Å². The highest BCUT2D eigenvalue weighted by molar-refractivity contribution is 5.00. The van der Waals surface area contributed by atoms with E-state index in [1.165, 1.54) is 44.9 Å². The summed E-state index contributed by atoms with van der Waals surface area (Å²) in [6.07, 6.45) is 9.56. The maximum absolute atomic E-state index is 3.62. The summed E-state index contributed by atoms with van der Waals surface area (Å²) in [5.41, 5.74) is 0.399. The van der Waals surface area contributed by atoms with Gasteiger partial charge in [0.1, 0.15) is 0 Å². The van der Waals surface area contributed by atoms with Crippen molar-refractivity contribution < 1.29 is 0 Å². The van der Waals surface area contributed by atoms with Gasteiger partial charge in [0, 0.05) is 11.6 Å². The van der Waals surface area contributed by atoms with E-state index < -0.39 is 0 Å². The van der Waals surface area contributed by atoms with Crippen molar-refractivity contribution in [3.05, 3.63) is 0 Å². The number of nitrogens with zero attached hydrogens (tertiary/aromatic N) is 1. The molecule has 0 saturated heterocycles. The molecular weight excluding hydrogens is 208 g/mol. The van der Waals surface area contributed by atoms with Crippen LogP contribution in [-0.2, 0) is 0 Å². The summed E-state index contributed by atoms with van der Waals surface area (Å²) in [6.45, 7) is 4.69. The van der Waals surface area contributed by atoms with Crippen molar-refractivity contribution in [2.24, 2.45) is 5.92 Å². The van der Waals surface area contributed by atoms with Crippen LogP contribution < -0.4 is 5.32 Å². The van der Waals surface area contributed by atoms with Crippen LogP contribution in [0.1, 0.15) is 58.8 Å². The van der Waals surface area contributed by atoms with Crippen molar-refractivity contribution >= 4 is 0 Å². The zero-order valence-corrected chi connectivity index (χ0v) is 12.6. The molecule has 0 heterocycles. The fourth-order valence-corrected chi connectivity index (χ4v) is 3.45. The number of hydrogen-bond acceptors (Lipinski definition) is 2. The van der Waals surface area contributed by atoms with Crippen molar-refractivity contribution in [3.8, 4) is 0 Å². The van der Waals surface area contributed by atoms with Gasteiger partial charge in [-0.3, -0.25) is 0 Å². The first kappa shape index (κ1) is 15.0. The van der Waals surface area contributed by atoms with Crippen LogP contribution in [0.2, 0.25) is 0 Å². The summed E-state index contributed by atoms with van der Waals surface area (Å²) in [6, 6.07) is 0.646. The molecule has 2 unspecified atom stereocenters. The van der Waals surface area contributed by atoms with E-state index in [-0.39, 0.29) is 0 Å². The first-order valence-corrected chi connectivity index (χ1v) is 7.41. The maximum Gasteiger partial charge on any atom is 0.0356 e. The molecule has 1 N–H and O–H groups in total. The van der Waals surface area contributed by atoms with E-state index in [4.69, 9.17) is 0 Å². The van der Waals surface area contributed by atoms with E-state index in [1.807, 2.05) is 0 Å². The highest BCUT2D eigenvalue weighted by atomic mass is 15.2. The van der Waals surface area contributed by atoms with E-state index in [0.29, 0.717) is 11.6 Å². The summed E-state index contributed by atoms with van der Waals surface area (Å²) in [5, 5.41) is 3.62. The molecule has 0 spiro atoms. The minimum atomic E-state index is 0.399. The fourth-order valence-electron chi connectivity index (χ4n) is 3.45. The van der Waals surface area contributed by atoms with Crippen LogP contribution in [0.25, 0.3) is 0 Å². The van der Waals surface area contributed by atoms with Crippen molar-refractivity contribution in [1.29, 1.82) is 0 Å². The Balaban J connectivity index is 2.78. The molecule has 1 fully saturated rings. The van der Waals surface area contributed by atoms with E-state index in [9.17, 15) is 0 Å². The molecule has 102 valence electrons. The van der Waals surface area contributed by atoms with Crippen LogP contribution in [0.15, 0.2) is 0 Å². The fraction of sp³-hybridized carbons (Fsp3) is 1.00. The quantitative estimate of drug-likeness (QED) is 0.766. The number of rotatable bonds is 6. The van der Waals surface area contributed by atoms with E-state index in [1.54, 1.807) is 0 Å². The summed E-state index contributed by atoms with van der Waals surface area (Å²) in [4.78, 5) is 2.50. The second-order valence-corrected chi connectivity index (χ2v) is 6.15. The number of hydrogen-bond donors (Lipinski definition) is 1. The summed E-state index contributed by atoms with van der Waals surface area (Å²) < 4.78 is 0. The van der Waals surface area contributed by atoms with Crippen LogP contribution in [0.3, 0.4) is 0 Å². The average Bonchev–Trinajstić information content (AvgIpc) is 2.36. The third-order valence-electron chi connectivity index (χ3n) is 4.94. The zero-order valence-electron chi connectivity index (χ0n) is 12.6. The summed E-state index contributed by atoms with van der Waals surface area (Å²) >= 11 is 0. The van der Waals surface area contributed by atoms with Gasteiger partial charge in [-0.15, -0.1) is 0 Å². The van der Waals surface area contributed by atoms with Crippen molar-refractivity contribution in [2.45, 2.75) is 70.4 Å². The van der Waals surface area contributed by atoms with Crippen LogP contribution >= 0.6 is 0 Å². The van der Waals surface area contributed by atoms with Gasteiger partial charge >= 0.3 is 0 Å². The molecule has 0 radical (unpaired) electrons. The van der Waals surface area contributed by atoms with Gasteiger partial charge in [-0.25, -0.2) is 0 Å². The van der Waals surface area contributed by atoms with Crippen LogP contribution in [0.4, 0.5) is 0 Å². The molecule has 0 bridgehead atoms. The van der Waals surface area contributed by atoms with Gasteiger partial charge in [0.25, 0.3) is 0 Å². The second kappa shape index (κ2) is 6.75. The minimum absolute atomic E-state index is 0.399. The van der Waals surface area contributed by atoms with Gasteiger partial charge in [-0.2, -0.15) is 0 Å². The highest BCUT2D eigenvalue weighted by Gasteiger charge is 2.41. The average molecular weight is 240 g/mol. The topological polar surface area (TPSA) is 15.3 Å². The van der Waals surface area contributed by atoms with Gasteiger partial charge < -0.3 is 10.2 Å². The predicted octanol–water partition coefficient (Wildman–Crippen LogP) is 3.28. The normalized spacial score (nSPS) is 23.6. The standard InChI is InChI=1S/C15H32N2/c1-6-13(2)12-14(16-3)15(17(4)5)10-8-7-9-11-15/h13-14,16H,6-12H2,1-5H3. The van der Waals surface area contributed by atoms with E-state index in [2.05, 4.69) is 45.2 Å². The molecule has 2 heteroatoms. The molecule has 0 aromatic carbocycles. The summed E-state index contributed by atoms with van der Waals surface area (Å²) in [7, 11) is 6.69. The van der Waals surface area contributed by atoms with Gasteiger partial charge in [0.2, 0.25) is 0 Å². The van der Waals surface area contributed by atoms with Crippen molar-refractivity contribution in [1.82, 2.24) is 10.2 Å². The Kier molecular flexibility index (Phi) is 5.94. The van der Waals surface area contributed by atoms with Gasteiger partial charge in [-0.05, 0) is 46.3 Å². The molecule has 0 aromatic heterocycles. The van der Waals surface area contributed by atoms with E-state index in [0.717, 1.165) is 5.92 Å². The monoisotopic (exact) mass is 240 g/mol. The van der Waals surface area contributed by atoms with Crippen molar-refractivity contribution in [3.63, 3.8) is 0 Å². The van der Waals surface area contributed by atoms with Crippen LogP contribution in [0.5, 0.6) is 0 Å². The smallest absolute Gasteiger partial charge is 0.0356 e. The number of likely N-dealkylation sites (N-methyl/N-ethyl adjacent to an activating group) is 2. The Bertz CT molecular complexity index is 207. The largest absolute Gasteiger partial charge is 0.315 e. The van der Waals surface area contributed by atoms with Crippen LogP contribution in [-0.4, -0.2) is 37.6 Å². The molecule has 1 aliphatic carbocycles.